The van der Waals surface area contributed by atoms with Gasteiger partial charge in [0.2, 0.25) is 0 Å². The van der Waals surface area contributed by atoms with Crippen molar-refractivity contribution in [1.82, 2.24) is 4.90 Å². The maximum absolute atomic E-state index is 8.98. The first kappa shape index (κ1) is 13.2. The zero-order chi connectivity index (χ0) is 11.6. The lowest BCUT2D eigenvalue weighted by atomic mass is 10.2. The minimum absolute atomic E-state index is 0.182. The zero-order valence-corrected chi connectivity index (χ0v) is 10.1. The zero-order valence-electron chi connectivity index (χ0n) is 9.35. The molecule has 1 aromatic rings. The SMILES string of the molecule is OCCN(C/C=C/CCl)Cc1ccccc1. The van der Waals surface area contributed by atoms with Gasteiger partial charge in [0.1, 0.15) is 0 Å². The summed E-state index contributed by atoms with van der Waals surface area (Å²) in [5.74, 6) is 0.540. The summed E-state index contributed by atoms with van der Waals surface area (Å²) < 4.78 is 0. The smallest absolute Gasteiger partial charge is 0.0558 e. The molecule has 0 saturated carbocycles. The first-order chi connectivity index (χ1) is 7.86. The van der Waals surface area contributed by atoms with E-state index in [1.165, 1.54) is 5.56 Å². The van der Waals surface area contributed by atoms with Crippen molar-refractivity contribution in [1.29, 1.82) is 0 Å². The molecule has 0 saturated heterocycles. The normalized spacial score (nSPS) is 11.4. The molecule has 0 bridgehead atoms. The van der Waals surface area contributed by atoms with E-state index in [1.807, 2.05) is 30.4 Å². The average Bonchev–Trinajstić information content (AvgIpc) is 2.31. The van der Waals surface area contributed by atoms with Gasteiger partial charge in [-0.3, -0.25) is 4.90 Å². The summed E-state index contributed by atoms with van der Waals surface area (Å²) in [6.07, 6.45) is 3.96. The van der Waals surface area contributed by atoms with Gasteiger partial charge in [0.15, 0.2) is 0 Å². The van der Waals surface area contributed by atoms with Crippen molar-refractivity contribution in [3.05, 3.63) is 48.0 Å². The topological polar surface area (TPSA) is 23.5 Å². The number of nitrogens with zero attached hydrogens (tertiary/aromatic N) is 1. The van der Waals surface area contributed by atoms with Gasteiger partial charge >= 0.3 is 0 Å². The summed E-state index contributed by atoms with van der Waals surface area (Å²) in [5, 5.41) is 8.98. The Hall–Kier alpha value is -0.830. The van der Waals surface area contributed by atoms with Crippen LogP contribution in [0.2, 0.25) is 0 Å². The Morgan fingerprint density at radius 1 is 1.19 bits per heavy atom. The van der Waals surface area contributed by atoms with Crippen LogP contribution < -0.4 is 0 Å². The Kier molecular flexibility index (Phi) is 6.90. The van der Waals surface area contributed by atoms with Crippen LogP contribution in [0, 0.1) is 0 Å². The monoisotopic (exact) mass is 239 g/mol. The third-order valence-electron chi connectivity index (χ3n) is 2.28. The molecule has 0 fully saturated rings. The Morgan fingerprint density at radius 2 is 1.94 bits per heavy atom. The highest BCUT2D eigenvalue weighted by Gasteiger charge is 2.02. The largest absolute Gasteiger partial charge is 0.395 e. The average molecular weight is 240 g/mol. The van der Waals surface area contributed by atoms with E-state index >= 15 is 0 Å². The Morgan fingerprint density at radius 3 is 2.56 bits per heavy atom. The molecule has 0 amide bonds. The van der Waals surface area contributed by atoms with E-state index in [-0.39, 0.29) is 6.61 Å². The number of aliphatic hydroxyl groups excluding tert-OH is 1. The third-order valence-corrected chi connectivity index (χ3v) is 2.46. The van der Waals surface area contributed by atoms with E-state index in [0.717, 1.165) is 13.1 Å². The van der Waals surface area contributed by atoms with Crippen LogP contribution in [-0.4, -0.2) is 35.6 Å². The Labute approximate surface area is 102 Å². The molecule has 16 heavy (non-hydrogen) atoms. The highest BCUT2D eigenvalue weighted by molar-refractivity contribution is 6.18. The quantitative estimate of drug-likeness (QED) is 0.583. The van der Waals surface area contributed by atoms with Crippen LogP contribution in [0.4, 0.5) is 0 Å². The van der Waals surface area contributed by atoms with Crippen LogP contribution in [0.3, 0.4) is 0 Å². The van der Waals surface area contributed by atoms with Gasteiger partial charge in [0.05, 0.1) is 6.61 Å². The number of rotatable bonds is 7. The first-order valence-electron chi connectivity index (χ1n) is 5.45. The second-order valence-electron chi connectivity index (χ2n) is 3.57. The molecule has 0 heterocycles. The minimum Gasteiger partial charge on any atom is -0.395 e. The van der Waals surface area contributed by atoms with E-state index in [4.69, 9.17) is 16.7 Å². The fourth-order valence-electron chi connectivity index (χ4n) is 1.50. The lowest BCUT2D eigenvalue weighted by Crippen LogP contribution is -2.26. The van der Waals surface area contributed by atoms with Crippen LogP contribution in [-0.2, 0) is 6.54 Å². The van der Waals surface area contributed by atoms with Gasteiger partial charge in [-0.2, -0.15) is 0 Å². The van der Waals surface area contributed by atoms with Gasteiger partial charge in [-0.1, -0.05) is 42.5 Å². The van der Waals surface area contributed by atoms with Crippen LogP contribution in [0.15, 0.2) is 42.5 Å². The number of hydrogen-bond donors (Lipinski definition) is 1. The van der Waals surface area contributed by atoms with Gasteiger partial charge in [-0.25, -0.2) is 0 Å². The number of alkyl halides is 1. The van der Waals surface area contributed by atoms with Crippen LogP contribution in [0.5, 0.6) is 0 Å². The molecule has 2 nitrogen and oxygen atoms in total. The number of halogens is 1. The Bertz CT molecular complexity index is 300. The van der Waals surface area contributed by atoms with E-state index in [2.05, 4.69) is 17.0 Å². The summed E-state index contributed by atoms with van der Waals surface area (Å²) in [6, 6.07) is 10.3. The van der Waals surface area contributed by atoms with Crippen LogP contribution >= 0.6 is 11.6 Å². The molecule has 0 aliphatic carbocycles. The third kappa shape index (κ3) is 5.31. The molecular formula is C13H18ClNO. The summed E-state index contributed by atoms with van der Waals surface area (Å²) in [6.45, 7) is 2.54. The lowest BCUT2D eigenvalue weighted by Gasteiger charge is -2.19. The molecule has 1 rings (SSSR count). The molecule has 0 aliphatic rings. The van der Waals surface area contributed by atoms with E-state index in [0.29, 0.717) is 12.4 Å². The lowest BCUT2D eigenvalue weighted by molar-refractivity contribution is 0.203. The highest BCUT2D eigenvalue weighted by atomic mass is 35.5. The molecule has 0 aliphatic heterocycles. The minimum atomic E-state index is 0.182. The van der Waals surface area contributed by atoms with Crippen molar-refractivity contribution in [2.45, 2.75) is 6.54 Å². The Balaban J connectivity index is 2.47. The fourth-order valence-corrected chi connectivity index (χ4v) is 1.63. The predicted octanol–water partition coefficient (Wildman–Crippen LogP) is 2.28. The van der Waals surface area contributed by atoms with Gasteiger partial charge in [-0.15, -0.1) is 11.6 Å². The first-order valence-corrected chi connectivity index (χ1v) is 5.98. The molecule has 1 N–H and O–H groups in total. The summed E-state index contributed by atoms with van der Waals surface area (Å²) >= 11 is 5.57. The van der Waals surface area contributed by atoms with E-state index < -0.39 is 0 Å². The molecule has 0 aromatic heterocycles. The van der Waals surface area contributed by atoms with Gasteiger partial charge in [0, 0.05) is 25.5 Å². The molecule has 0 spiro atoms. The number of aliphatic hydroxyl groups is 1. The number of benzene rings is 1. The summed E-state index contributed by atoms with van der Waals surface area (Å²) in [4.78, 5) is 2.18. The van der Waals surface area contributed by atoms with Crippen LogP contribution in [0.25, 0.3) is 0 Å². The molecule has 0 unspecified atom stereocenters. The van der Waals surface area contributed by atoms with Gasteiger partial charge in [0.25, 0.3) is 0 Å². The molecular weight excluding hydrogens is 222 g/mol. The van der Waals surface area contributed by atoms with E-state index in [9.17, 15) is 0 Å². The van der Waals surface area contributed by atoms with Crippen molar-refractivity contribution in [2.24, 2.45) is 0 Å². The molecule has 0 atom stereocenters. The molecule has 0 radical (unpaired) electrons. The van der Waals surface area contributed by atoms with E-state index in [1.54, 1.807) is 0 Å². The highest BCUT2D eigenvalue weighted by Crippen LogP contribution is 2.04. The number of allylic oxidation sites excluding steroid dienone is 1. The van der Waals surface area contributed by atoms with Crippen molar-refractivity contribution in [3.8, 4) is 0 Å². The maximum atomic E-state index is 8.98. The predicted molar refractivity (Wildman–Crippen MR) is 68.7 cm³/mol. The molecule has 88 valence electrons. The van der Waals surface area contributed by atoms with Crippen molar-refractivity contribution in [2.75, 3.05) is 25.6 Å². The van der Waals surface area contributed by atoms with Crippen molar-refractivity contribution >= 4 is 11.6 Å². The number of hydrogen-bond acceptors (Lipinski definition) is 2. The second kappa shape index (κ2) is 8.34. The van der Waals surface area contributed by atoms with Crippen molar-refractivity contribution < 1.29 is 5.11 Å². The maximum Gasteiger partial charge on any atom is 0.0558 e. The molecule has 1 aromatic carbocycles. The fraction of sp³-hybridized carbons (Fsp3) is 0.385. The molecule has 3 heteroatoms. The van der Waals surface area contributed by atoms with Crippen LogP contribution in [0.1, 0.15) is 5.56 Å². The van der Waals surface area contributed by atoms with Gasteiger partial charge < -0.3 is 5.11 Å². The summed E-state index contributed by atoms with van der Waals surface area (Å²) in [7, 11) is 0. The summed E-state index contributed by atoms with van der Waals surface area (Å²) in [5.41, 5.74) is 1.26. The van der Waals surface area contributed by atoms with Crippen molar-refractivity contribution in [3.63, 3.8) is 0 Å². The standard InChI is InChI=1S/C13H18ClNO/c14-8-4-5-9-15(10-11-16)12-13-6-2-1-3-7-13/h1-7,16H,8-12H2/b5-4+. The van der Waals surface area contributed by atoms with Gasteiger partial charge in [-0.05, 0) is 5.56 Å². The second-order valence-corrected chi connectivity index (χ2v) is 3.88.